The first-order chi connectivity index (χ1) is 12.7. The van der Waals surface area contributed by atoms with Crippen molar-refractivity contribution < 1.29 is 14.2 Å². The molecule has 0 amide bonds. The van der Waals surface area contributed by atoms with E-state index in [1.807, 2.05) is 6.07 Å². The van der Waals surface area contributed by atoms with Gasteiger partial charge in [-0.25, -0.2) is 0 Å². The number of rotatable bonds is 6. The molecule has 0 saturated carbocycles. The molecule has 0 bridgehead atoms. The molecule has 1 aliphatic heterocycles. The molecule has 5 nitrogen and oxygen atoms in total. The quantitative estimate of drug-likeness (QED) is 0.862. The molecule has 5 heteroatoms. The van der Waals surface area contributed by atoms with Crippen molar-refractivity contribution in [1.82, 2.24) is 10.2 Å². The van der Waals surface area contributed by atoms with Crippen molar-refractivity contribution in [1.29, 1.82) is 0 Å². The van der Waals surface area contributed by atoms with E-state index in [0.717, 1.165) is 43.2 Å². The molecule has 0 aliphatic carbocycles. The van der Waals surface area contributed by atoms with Gasteiger partial charge in [0, 0.05) is 37.8 Å². The molecule has 2 aromatic rings. The van der Waals surface area contributed by atoms with Gasteiger partial charge in [0.25, 0.3) is 0 Å². The van der Waals surface area contributed by atoms with Gasteiger partial charge in [0.1, 0.15) is 5.75 Å². The van der Waals surface area contributed by atoms with Crippen LogP contribution in [0.1, 0.15) is 22.7 Å². The molecule has 26 heavy (non-hydrogen) atoms. The largest absolute Gasteiger partial charge is 0.496 e. The molecule has 3 rings (SSSR count). The Morgan fingerprint density at radius 3 is 2.08 bits per heavy atom. The van der Waals surface area contributed by atoms with Crippen molar-refractivity contribution in [2.75, 3.05) is 47.5 Å². The summed E-state index contributed by atoms with van der Waals surface area (Å²) in [6.07, 6.45) is 0. The maximum atomic E-state index is 5.74. The minimum absolute atomic E-state index is 0.105. The fourth-order valence-electron chi connectivity index (χ4n) is 3.66. The standard InChI is InChI=1S/C21H28N2O3/c1-15-7-5-6-8-16(15)21(23-11-9-22-10-12-23)17-13-19(25-3)20(26-4)14-18(17)24-2/h5-8,13-14,21-22H,9-12H2,1-4H3. The molecule has 0 spiro atoms. The van der Waals surface area contributed by atoms with Crippen molar-refractivity contribution >= 4 is 0 Å². The lowest BCUT2D eigenvalue weighted by Gasteiger charge is -2.37. The number of methoxy groups -OCH3 is 3. The van der Waals surface area contributed by atoms with Crippen LogP contribution in [0, 0.1) is 6.92 Å². The lowest BCUT2D eigenvalue weighted by atomic mass is 9.92. The molecule has 1 unspecified atom stereocenters. The second-order valence-electron chi connectivity index (χ2n) is 6.49. The van der Waals surface area contributed by atoms with E-state index < -0.39 is 0 Å². The normalized spacial score (nSPS) is 16.2. The van der Waals surface area contributed by atoms with Gasteiger partial charge < -0.3 is 19.5 Å². The zero-order valence-electron chi connectivity index (χ0n) is 16.0. The van der Waals surface area contributed by atoms with Crippen LogP contribution in [-0.4, -0.2) is 52.4 Å². The Morgan fingerprint density at radius 2 is 1.46 bits per heavy atom. The number of hydrogen-bond donors (Lipinski definition) is 1. The summed E-state index contributed by atoms with van der Waals surface area (Å²) in [6, 6.07) is 12.6. The van der Waals surface area contributed by atoms with Crippen LogP contribution in [0.5, 0.6) is 17.2 Å². The van der Waals surface area contributed by atoms with E-state index in [9.17, 15) is 0 Å². The van der Waals surface area contributed by atoms with Crippen LogP contribution in [0.15, 0.2) is 36.4 Å². The third-order valence-corrected chi connectivity index (χ3v) is 5.03. The zero-order chi connectivity index (χ0) is 18.5. The first kappa shape index (κ1) is 18.5. The summed E-state index contributed by atoms with van der Waals surface area (Å²) in [4.78, 5) is 2.50. The molecular weight excluding hydrogens is 328 g/mol. The molecule has 1 heterocycles. The van der Waals surface area contributed by atoms with E-state index in [1.54, 1.807) is 21.3 Å². The number of ether oxygens (including phenoxy) is 3. The Hall–Kier alpha value is -2.24. The van der Waals surface area contributed by atoms with Crippen molar-refractivity contribution in [2.24, 2.45) is 0 Å². The Balaban J connectivity index is 2.16. The average molecular weight is 356 g/mol. The monoisotopic (exact) mass is 356 g/mol. The molecule has 0 aromatic heterocycles. The van der Waals surface area contributed by atoms with Gasteiger partial charge in [-0.3, -0.25) is 4.90 Å². The van der Waals surface area contributed by atoms with Crippen molar-refractivity contribution in [2.45, 2.75) is 13.0 Å². The van der Waals surface area contributed by atoms with E-state index in [2.05, 4.69) is 47.5 Å². The number of benzene rings is 2. The molecule has 140 valence electrons. The summed E-state index contributed by atoms with van der Waals surface area (Å²) in [5.74, 6) is 2.21. The third kappa shape index (κ3) is 3.64. The minimum Gasteiger partial charge on any atom is -0.496 e. The maximum Gasteiger partial charge on any atom is 0.164 e. The van der Waals surface area contributed by atoms with E-state index in [-0.39, 0.29) is 6.04 Å². The molecule has 0 radical (unpaired) electrons. The van der Waals surface area contributed by atoms with Crippen LogP contribution in [0.3, 0.4) is 0 Å². The molecule has 1 atom stereocenters. The summed E-state index contributed by atoms with van der Waals surface area (Å²) >= 11 is 0. The van der Waals surface area contributed by atoms with Crippen LogP contribution in [0.25, 0.3) is 0 Å². The summed E-state index contributed by atoms with van der Waals surface area (Å²) < 4.78 is 16.8. The molecule has 1 fully saturated rings. The summed E-state index contributed by atoms with van der Waals surface area (Å²) in [7, 11) is 5.02. The highest BCUT2D eigenvalue weighted by Crippen LogP contribution is 2.42. The highest BCUT2D eigenvalue weighted by atomic mass is 16.5. The first-order valence-corrected chi connectivity index (χ1v) is 8.99. The maximum absolute atomic E-state index is 5.74. The summed E-state index contributed by atoms with van der Waals surface area (Å²) in [6.45, 7) is 6.10. The number of nitrogens with zero attached hydrogens (tertiary/aromatic N) is 1. The Bertz CT molecular complexity index is 742. The van der Waals surface area contributed by atoms with E-state index in [4.69, 9.17) is 14.2 Å². The topological polar surface area (TPSA) is 43.0 Å². The lowest BCUT2D eigenvalue weighted by molar-refractivity contribution is 0.194. The van der Waals surface area contributed by atoms with E-state index >= 15 is 0 Å². The van der Waals surface area contributed by atoms with Gasteiger partial charge in [-0.1, -0.05) is 24.3 Å². The molecule has 2 aromatic carbocycles. The lowest BCUT2D eigenvalue weighted by Crippen LogP contribution is -2.45. The molecule has 1 aliphatic rings. The highest BCUT2D eigenvalue weighted by Gasteiger charge is 2.29. The summed E-state index contributed by atoms with van der Waals surface area (Å²) in [5, 5.41) is 3.44. The number of piperazine rings is 1. The fourth-order valence-corrected chi connectivity index (χ4v) is 3.66. The number of hydrogen-bond acceptors (Lipinski definition) is 5. The second-order valence-corrected chi connectivity index (χ2v) is 6.49. The minimum atomic E-state index is 0.105. The Kier molecular flexibility index (Phi) is 6.01. The smallest absolute Gasteiger partial charge is 0.164 e. The molecule has 1 N–H and O–H groups in total. The van der Waals surface area contributed by atoms with Crippen LogP contribution in [0.2, 0.25) is 0 Å². The van der Waals surface area contributed by atoms with Gasteiger partial charge in [-0.2, -0.15) is 0 Å². The molecular formula is C21H28N2O3. The van der Waals surface area contributed by atoms with E-state index in [1.165, 1.54) is 11.1 Å². The van der Waals surface area contributed by atoms with Crippen molar-refractivity contribution in [3.63, 3.8) is 0 Å². The van der Waals surface area contributed by atoms with Crippen molar-refractivity contribution in [3.05, 3.63) is 53.1 Å². The van der Waals surface area contributed by atoms with Gasteiger partial charge in [0.15, 0.2) is 11.5 Å². The first-order valence-electron chi connectivity index (χ1n) is 8.99. The Morgan fingerprint density at radius 1 is 0.846 bits per heavy atom. The number of aryl methyl sites for hydroxylation is 1. The SMILES string of the molecule is COc1cc(OC)c(C(c2ccccc2C)N2CCNCC2)cc1OC. The van der Waals surface area contributed by atoms with Gasteiger partial charge in [0.05, 0.1) is 27.4 Å². The van der Waals surface area contributed by atoms with E-state index in [0.29, 0.717) is 5.75 Å². The van der Waals surface area contributed by atoms with Crippen LogP contribution in [-0.2, 0) is 0 Å². The average Bonchev–Trinajstić information content (AvgIpc) is 2.70. The van der Waals surface area contributed by atoms with Gasteiger partial charge >= 0.3 is 0 Å². The highest BCUT2D eigenvalue weighted by molar-refractivity contribution is 5.54. The van der Waals surface area contributed by atoms with Gasteiger partial charge in [-0.05, 0) is 24.1 Å². The zero-order valence-corrected chi connectivity index (χ0v) is 16.0. The van der Waals surface area contributed by atoms with Crippen molar-refractivity contribution in [3.8, 4) is 17.2 Å². The fraction of sp³-hybridized carbons (Fsp3) is 0.429. The third-order valence-electron chi connectivity index (χ3n) is 5.03. The molecule has 1 saturated heterocycles. The van der Waals surface area contributed by atoms with Gasteiger partial charge in [-0.15, -0.1) is 0 Å². The predicted molar refractivity (Wildman–Crippen MR) is 104 cm³/mol. The van der Waals surface area contributed by atoms with Crippen LogP contribution in [0.4, 0.5) is 0 Å². The Labute approximate surface area is 155 Å². The van der Waals surface area contributed by atoms with Crippen LogP contribution < -0.4 is 19.5 Å². The van der Waals surface area contributed by atoms with Gasteiger partial charge in [0.2, 0.25) is 0 Å². The second kappa shape index (κ2) is 8.43. The predicted octanol–water partition coefficient (Wildman–Crippen LogP) is 3.02. The van der Waals surface area contributed by atoms with Crippen LogP contribution >= 0.6 is 0 Å². The summed E-state index contributed by atoms with van der Waals surface area (Å²) in [5.41, 5.74) is 3.66. The number of nitrogens with one attached hydrogen (secondary N) is 1.